The first-order chi connectivity index (χ1) is 10.5. The van der Waals surface area contributed by atoms with Crippen molar-refractivity contribution in [3.63, 3.8) is 0 Å². The SMILES string of the molecule is CCCC[C@H](CC)C(OCC(=O)OC)c1cccc(Cl)c1F. The van der Waals surface area contributed by atoms with Crippen molar-refractivity contribution in [1.82, 2.24) is 0 Å². The van der Waals surface area contributed by atoms with E-state index in [9.17, 15) is 9.18 Å². The summed E-state index contributed by atoms with van der Waals surface area (Å²) in [5.41, 5.74) is 0.402. The highest BCUT2D eigenvalue weighted by Gasteiger charge is 2.26. The standard InChI is InChI=1S/C17H24ClFO3/c1-4-6-8-12(5-2)17(22-11-15(20)21-3)13-9-7-10-14(18)16(13)19/h7,9-10,12,17H,4-6,8,11H2,1-3H3/t12-,17?/m0/s1. The summed E-state index contributed by atoms with van der Waals surface area (Å²) in [7, 11) is 1.30. The fourth-order valence-corrected chi connectivity index (χ4v) is 2.65. The Morgan fingerprint density at radius 3 is 2.68 bits per heavy atom. The molecule has 1 rings (SSSR count). The van der Waals surface area contributed by atoms with E-state index in [4.69, 9.17) is 16.3 Å². The van der Waals surface area contributed by atoms with Crippen LogP contribution in [-0.2, 0) is 14.3 Å². The van der Waals surface area contributed by atoms with Crippen molar-refractivity contribution in [1.29, 1.82) is 0 Å². The van der Waals surface area contributed by atoms with E-state index in [0.717, 1.165) is 25.7 Å². The Kier molecular flexibility index (Phi) is 8.43. The van der Waals surface area contributed by atoms with Crippen LogP contribution < -0.4 is 0 Å². The second-order valence-electron chi connectivity index (χ2n) is 5.26. The monoisotopic (exact) mass is 330 g/mol. The summed E-state index contributed by atoms with van der Waals surface area (Å²) in [6.45, 7) is 3.95. The first-order valence-electron chi connectivity index (χ1n) is 7.67. The number of rotatable bonds is 9. The molecule has 0 saturated carbocycles. The van der Waals surface area contributed by atoms with Gasteiger partial charge in [0.15, 0.2) is 0 Å². The van der Waals surface area contributed by atoms with E-state index in [2.05, 4.69) is 11.7 Å². The van der Waals surface area contributed by atoms with Gasteiger partial charge in [0.1, 0.15) is 12.4 Å². The van der Waals surface area contributed by atoms with Gasteiger partial charge in [-0.3, -0.25) is 0 Å². The Morgan fingerprint density at radius 2 is 2.09 bits per heavy atom. The molecule has 0 aliphatic rings. The number of carbonyl (C=O) groups is 1. The molecule has 0 spiro atoms. The Bertz CT molecular complexity index is 479. The third-order valence-electron chi connectivity index (χ3n) is 3.78. The topological polar surface area (TPSA) is 35.5 Å². The molecule has 0 saturated heterocycles. The molecule has 0 aromatic heterocycles. The van der Waals surface area contributed by atoms with Gasteiger partial charge in [0.05, 0.1) is 18.2 Å². The number of hydrogen-bond acceptors (Lipinski definition) is 3. The highest BCUT2D eigenvalue weighted by Crippen LogP contribution is 2.35. The van der Waals surface area contributed by atoms with Crippen molar-refractivity contribution in [3.8, 4) is 0 Å². The van der Waals surface area contributed by atoms with Gasteiger partial charge in [-0.05, 0) is 18.4 Å². The van der Waals surface area contributed by atoms with E-state index in [1.54, 1.807) is 12.1 Å². The van der Waals surface area contributed by atoms with Crippen molar-refractivity contribution in [2.45, 2.75) is 45.6 Å². The molecule has 0 N–H and O–H groups in total. The maximum atomic E-state index is 14.3. The summed E-state index contributed by atoms with van der Waals surface area (Å²) in [6, 6.07) is 4.87. The molecule has 1 aromatic rings. The Hall–Kier alpha value is -1.13. The van der Waals surface area contributed by atoms with Crippen LogP contribution in [-0.4, -0.2) is 19.7 Å². The Balaban J connectivity index is 3.03. The third-order valence-corrected chi connectivity index (χ3v) is 4.07. The smallest absolute Gasteiger partial charge is 0.331 e. The molecule has 5 heteroatoms. The quantitative estimate of drug-likeness (QED) is 0.602. The van der Waals surface area contributed by atoms with Gasteiger partial charge in [-0.1, -0.05) is 56.8 Å². The fraction of sp³-hybridized carbons (Fsp3) is 0.588. The lowest BCUT2D eigenvalue weighted by molar-refractivity contribution is -0.149. The maximum Gasteiger partial charge on any atom is 0.331 e. The minimum absolute atomic E-state index is 0.0644. The van der Waals surface area contributed by atoms with Crippen LogP contribution in [0.5, 0.6) is 0 Å². The molecule has 0 amide bonds. The van der Waals surface area contributed by atoms with E-state index in [-0.39, 0.29) is 17.5 Å². The third kappa shape index (κ3) is 5.25. The molecule has 124 valence electrons. The van der Waals surface area contributed by atoms with Crippen LogP contribution in [0.2, 0.25) is 5.02 Å². The van der Waals surface area contributed by atoms with Crippen molar-refractivity contribution < 1.29 is 18.7 Å². The van der Waals surface area contributed by atoms with Crippen molar-refractivity contribution in [2.24, 2.45) is 5.92 Å². The molecule has 0 fully saturated rings. The number of hydrogen-bond donors (Lipinski definition) is 0. The van der Waals surface area contributed by atoms with Gasteiger partial charge in [-0.2, -0.15) is 0 Å². The van der Waals surface area contributed by atoms with Crippen LogP contribution in [0.1, 0.15) is 51.2 Å². The Labute approximate surface area is 136 Å². The fourth-order valence-electron chi connectivity index (χ4n) is 2.47. The summed E-state index contributed by atoms with van der Waals surface area (Å²) in [6.07, 6.45) is 3.31. The van der Waals surface area contributed by atoms with Crippen LogP contribution in [0.4, 0.5) is 4.39 Å². The molecule has 3 nitrogen and oxygen atoms in total. The predicted molar refractivity (Wildman–Crippen MR) is 85.4 cm³/mol. The zero-order valence-electron chi connectivity index (χ0n) is 13.4. The molecule has 0 aliphatic heterocycles. The zero-order chi connectivity index (χ0) is 16.5. The van der Waals surface area contributed by atoms with Crippen molar-refractivity contribution in [2.75, 3.05) is 13.7 Å². The summed E-state index contributed by atoms with van der Waals surface area (Å²) in [4.78, 5) is 11.4. The van der Waals surface area contributed by atoms with E-state index in [1.165, 1.54) is 13.2 Å². The van der Waals surface area contributed by atoms with Gasteiger partial charge >= 0.3 is 5.97 Å². The number of benzene rings is 1. The van der Waals surface area contributed by atoms with E-state index in [1.807, 2.05) is 6.92 Å². The maximum absolute atomic E-state index is 14.3. The highest BCUT2D eigenvalue weighted by atomic mass is 35.5. The molecular formula is C17H24ClFO3. The second kappa shape index (κ2) is 9.80. The summed E-state index contributed by atoms with van der Waals surface area (Å²) in [5, 5.41) is 0.0644. The molecule has 1 unspecified atom stereocenters. The summed E-state index contributed by atoms with van der Waals surface area (Å²) < 4.78 is 24.6. The molecule has 0 heterocycles. The number of unbranched alkanes of at least 4 members (excludes halogenated alkanes) is 1. The first kappa shape index (κ1) is 18.9. The Morgan fingerprint density at radius 1 is 1.36 bits per heavy atom. The van der Waals surface area contributed by atoms with Gasteiger partial charge in [0, 0.05) is 5.56 Å². The lowest BCUT2D eigenvalue weighted by Gasteiger charge is -2.27. The first-order valence-corrected chi connectivity index (χ1v) is 8.05. The summed E-state index contributed by atoms with van der Waals surface area (Å²) >= 11 is 5.88. The number of carbonyl (C=O) groups excluding carboxylic acids is 1. The molecule has 0 radical (unpaired) electrons. The molecule has 0 bridgehead atoms. The summed E-state index contributed by atoms with van der Waals surface area (Å²) in [5.74, 6) is -0.829. The minimum atomic E-state index is -0.505. The van der Waals surface area contributed by atoms with E-state index in [0.29, 0.717) is 5.56 Å². The predicted octanol–water partition coefficient (Wildman–Crippen LogP) is 4.93. The number of halogens is 2. The van der Waals surface area contributed by atoms with Gasteiger partial charge < -0.3 is 9.47 Å². The lowest BCUT2D eigenvalue weighted by atomic mass is 9.88. The van der Waals surface area contributed by atoms with Crippen LogP contribution >= 0.6 is 11.6 Å². The van der Waals surface area contributed by atoms with Crippen LogP contribution in [0.25, 0.3) is 0 Å². The van der Waals surface area contributed by atoms with Crippen LogP contribution in [0.3, 0.4) is 0 Å². The van der Waals surface area contributed by atoms with E-state index >= 15 is 0 Å². The number of methoxy groups -OCH3 is 1. The minimum Gasteiger partial charge on any atom is -0.467 e. The molecular weight excluding hydrogens is 307 g/mol. The largest absolute Gasteiger partial charge is 0.467 e. The van der Waals surface area contributed by atoms with Crippen LogP contribution in [0, 0.1) is 11.7 Å². The second-order valence-corrected chi connectivity index (χ2v) is 5.67. The lowest BCUT2D eigenvalue weighted by Crippen LogP contribution is -2.21. The van der Waals surface area contributed by atoms with Gasteiger partial charge in [-0.25, -0.2) is 9.18 Å². The van der Waals surface area contributed by atoms with Gasteiger partial charge in [0.2, 0.25) is 0 Å². The number of ether oxygens (including phenoxy) is 2. The van der Waals surface area contributed by atoms with Crippen molar-refractivity contribution >= 4 is 17.6 Å². The van der Waals surface area contributed by atoms with Crippen LogP contribution in [0.15, 0.2) is 18.2 Å². The molecule has 2 atom stereocenters. The van der Waals surface area contributed by atoms with Gasteiger partial charge in [0.25, 0.3) is 0 Å². The highest BCUT2D eigenvalue weighted by molar-refractivity contribution is 6.30. The van der Waals surface area contributed by atoms with Gasteiger partial charge in [-0.15, -0.1) is 0 Å². The van der Waals surface area contributed by atoms with Crippen molar-refractivity contribution in [3.05, 3.63) is 34.6 Å². The molecule has 0 aliphatic carbocycles. The normalized spacial score (nSPS) is 13.7. The number of esters is 1. The molecule has 22 heavy (non-hydrogen) atoms. The molecule has 1 aromatic carbocycles. The average molecular weight is 331 g/mol. The zero-order valence-corrected chi connectivity index (χ0v) is 14.2. The average Bonchev–Trinajstić information content (AvgIpc) is 2.53. The van der Waals surface area contributed by atoms with E-state index < -0.39 is 17.9 Å².